The third-order valence-electron chi connectivity index (χ3n) is 10.2. The van der Waals surface area contributed by atoms with Gasteiger partial charge < -0.3 is 10.6 Å². The van der Waals surface area contributed by atoms with Gasteiger partial charge in [0.25, 0.3) is 0 Å². The van der Waals surface area contributed by atoms with Crippen molar-refractivity contribution in [2.75, 3.05) is 11.9 Å². The van der Waals surface area contributed by atoms with Crippen molar-refractivity contribution in [1.82, 2.24) is 5.32 Å². The lowest BCUT2D eigenvalue weighted by Gasteiger charge is -2.29. The minimum absolute atomic E-state index is 0.0494. The van der Waals surface area contributed by atoms with Crippen LogP contribution in [0, 0.1) is 24.6 Å². The molecule has 0 amide bonds. The van der Waals surface area contributed by atoms with Gasteiger partial charge in [-0.25, -0.2) is 8.78 Å². The van der Waals surface area contributed by atoms with E-state index in [9.17, 15) is 0 Å². The Labute approximate surface area is 285 Å². The van der Waals surface area contributed by atoms with Gasteiger partial charge in [0.1, 0.15) is 11.5 Å². The zero-order valence-electron chi connectivity index (χ0n) is 30.6. The highest BCUT2D eigenvalue weighted by Gasteiger charge is 2.31. The van der Waals surface area contributed by atoms with Crippen molar-refractivity contribution < 1.29 is 8.78 Å². The molecule has 0 radical (unpaired) electrons. The Morgan fingerprint density at radius 1 is 1.06 bits per heavy atom. The summed E-state index contributed by atoms with van der Waals surface area (Å²) in [4.78, 5) is 0. The van der Waals surface area contributed by atoms with E-state index in [1.165, 1.54) is 5.57 Å². The molecule has 2 aromatic carbocycles. The van der Waals surface area contributed by atoms with Crippen LogP contribution in [0.5, 0.6) is 0 Å². The molecular formula is C43H60F2N2. The molecule has 0 heterocycles. The summed E-state index contributed by atoms with van der Waals surface area (Å²) in [6.45, 7) is 30.2. The minimum Gasteiger partial charge on any atom is -0.389 e. The lowest BCUT2D eigenvalue weighted by Crippen LogP contribution is -2.23. The van der Waals surface area contributed by atoms with Gasteiger partial charge >= 0.3 is 0 Å². The van der Waals surface area contributed by atoms with Crippen LogP contribution >= 0.6 is 0 Å². The van der Waals surface area contributed by atoms with Crippen molar-refractivity contribution in [1.29, 1.82) is 0 Å². The second-order valence-electron chi connectivity index (χ2n) is 13.9. The summed E-state index contributed by atoms with van der Waals surface area (Å²) in [5, 5.41) is 7.05. The fourth-order valence-corrected chi connectivity index (χ4v) is 6.66. The van der Waals surface area contributed by atoms with Crippen LogP contribution in [-0.4, -0.2) is 6.54 Å². The van der Waals surface area contributed by atoms with Crippen molar-refractivity contribution in [3.8, 4) is 0 Å². The fourth-order valence-electron chi connectivity index (χ4n) is 6.66. The van der Waals surface area contributed by atoms with Crippen molar-refractivity contribution in [3.05, 3.63) is 118 Å². The molecule has 0 fully saturated rings. The predicted octanol–water partition coefficient (Wildman–Crippen LogP) is 12.5. The summed E-state index contributed by atoms with van der Waals surface area (Å²) in [7, 11) is 0. The number of anilines is 1. The maximum atomic E-state index is 15.9. The molecule has 1 aliphatic carbocycles. The molecule has 0 aliphatic heterocycles. The molecule has 0 saturated carbocycles. The number of allylic oxidation sites excluding steroid dienone is 5. The topological polar surface area (TPSA) is 24.1 Å². The maximum absolute atomic E-state index is 15.9. The number of benzene rings is 2. The Bertz CT molecular complexity index is 1500. The highest BCUT2D eigenvalue weighted by molar-refractivity contribution is 5.83. The lowest BCUT2D eigenvalue weighted by atomic mass is 9.79. The Kier molecular flexibility index (Phi) is 13.9. The number of unbranched alkanes of at least 4 members (excludes halogenated alkanes) is 1. The van der Waals surface area contributed by atoms with Crippen LogP contribution in [-0.2, 0) is 18.5 Å². The molecule has 2 aromatic rings. The van der Waals surface area contributed by atoms with E-state index in [-0.39, 0.29) is 17.7 Å². The molecule has 2 atom stereocenters. The van der Waals surface area contributed by atoms with Gasteiger partial charge in [-0.3, -0.25) is 0 Å². The van der Waals surface area contributed by atoms with E-state index < -0.39 is 5.67 Å². The van der Waals surface area contributed by atoms with Crippen LogP contribution < -0.4 is 10.6 Å². The molecule has 0 bridgehead atoms. The second kappa shape index (κ2) is 17.1. The van der Waals surface area contributed by atoms with Crippen molar-refractivity contribution in [2.45, 2.75) is 119 Å². The molecule has 47 heavy (non-hydrogen) atoms. The quantitative estimate of drug-likeness (QED) is 0.189. The minimum atomic E-state index is -1.49. The van der Waals surface area contributed by atoms with Crippen LogP contribution in [0.25, 0.3) is 5.57 Å². The van der Waals surface area contributed by atoms with Crippen molar-refractivity contribution in [2.24, 2.45) is 11.8 Å². The zero-order chi connectivity index (χ0) is 34.9. The van der Waals surface area contributed by atoms with Crippen LogP contribution in [0.2, 0.25) is 0 Å². The first kappa shape index (κ1) is 38.1. The zero-order valence-corrected chi connectivity index (χ0v) is 30.6. The summed E-state index contributed by atoms with van der Waals surface area (Å²) in [5.41, 5.74) is 9.50. The van der Waals surface area contributed by atoms with E-state index in [0.717, 1.165) is 120 Å². The third-order valence-corrected chi connectivity index (χ3v) is 10.2. The fraction of sp³-hybridized carbons (Fsp3) is 0.488. The Hall–Kier alpha value is -3.40. The van der Waals surface area contributed by atoms with E-state index >= 15 is 8.78 Å². The average Bonchev–Trinajstić information content (AvgIpc) is 3.03. The molecule has 0 saturated heterocycles. The Morgan fingerprint density at radius 3 is 2.40 bits per heavy atom. The second-order valence-corrected chi connectivity index (χ2v) is 13.9. The van der Waals surface area contributed by atoms with Gasteiger partial charge in [0.15, 0.2) is 0 Å². The maximum Gasteiger partial charge on any atom is 0.135 e. The third kappa shape index (κ3) is 9.36. The van der Waals surface area contributed by atoms with Crippen molar-refractivity contribution in [3.63, 3.8) is 0 Å². The van der Waals surface area contributed by atoms with Gasteiger partial charge in [-0.05, 0) is 142 Å². The SMILES string of the molecule is C=C1CCCCC(Cc2ccc(CCCC)c(F)c2C)C(C)=C1C(=C)Nc1ccc(C(C)(F)C(C)C)cc1C(=C)/C=C(/CC)NCC. The first-order valence-electron chi connectivity index (χ1n) is 17.9. The van der Waals surface area contributed by atoms with E-state index in [1.54, 1.807) is 6.92 Å². The first-order chi connectivity index (χ1) is 22.3. The highest BCUT2D eigenvalue weighted by atomic mass is 19.1. The summed E-state index contributed by atoms with van der Waals surface area (Å²) < 4.78 is 31.3. The molecule has 2 nitrogen and oxygen atoms in total. The lowest BCUT2D eigenvalue weighted by molar-refractivity contribution is 0.123. The van der Waals surface area contributed by atoms with Crippen LogP contribution in [0.15, 0.2) is 84.3 Å². The monoisotopic (exact) mass is 642 g/mol. The van der Waals surface area contributed by atoms with E-state index in [2.05, 4.69) is 70.2 Å². The molecule has 2 N–H and O–H groups in total. The van der Waals surface area contributed by atoms with Gasteiger partial charge in [-0.1, -0.05) is 84.0 Å². The van der Waals surface area contributed by atoms with Gasteiger partial charge in [0.2, 0.25) is 0 Å². The summed E-state index contributed by atoms with van der Waals surface area (Å²) in [6.07, 6.45) is 10.6. The average molecular weight is 643 g/mol. The summed E-state index contributed by atoms with van der Waals surface area (Å²) >= 11 is 0. The van der Waals surface area contributed by atoms with E-state index in [0.29, 0.717) is 5.56 Å². The number of nitrogens with one attached hydrogen (secondary N) is 2. The van der Waals surface area contributed by atoms with E-state index in [4.69, 9.17) is 0 Å². The smallest absolute Gasteiger partial charge is 0.135 e. The van der Waals surface area contributed by atoms with Gasteiger partial charge in [0, 0.05) is 29.2 Å². The van der Waals surface area contributed by atoms with Gasteiger partial charge in [-0.2, -0.15) is 0 Å². The standard InChI is InChI=1S/C43H60F2N2/c1-12-15-19-34-21-22-36(32(9)42(34)44)26-35-20-17-16-18-29(6)41(31(35)8)33(10)47-40-24-23-37(43(11,45)28(4)5)27-39(40)30(7)25-38(13-2)46-14-3/h21-25,27-28,35,46-47H,6-7,10,12-20,26H2,1-5,8-9,11H3/b38-25-,41-31?. The first-order valence-corrected chi connectivity index (χ1v) is 17.9. The molecule has 256 valence electrons. The summed E-state index contributed by atoms with van der Waals surface area (Å²) in [6, 6.07) is 9.90. The van der Waals surface area contributed by atoms with E-state index in [1.807, 2.05) is 45.0 Å². The number of alkyl halides is 1. The largest absolute Gasteiger partial charge is 0.389 e. The molecule has 1 aliphatic rings. The number of aryl methyl sites for hydroxylation is 1. The van der Waals surface area contributed by atoms with Crippen molar-refractivity contribution >= 4 is 11.3 Å². The number of hydrogen-bond donors (Lipinski definition) is 2. The molecular weight excluding hydrogens is 582 g/mol. The number of rotatable bonds is 15. The molecule has 3 rings (SSSR count). The molecule has 0 spiro atoms. The summed E-state index contributed by atoms with van der Waals surface area (Å²) in [5.74, 6) is 0.00518. The number of halogens is 2. The predicted molar refractivity (Wildman–Crippen MR) is 201 cm³/mol. The highest BCUT2D eigenvalue weighted by Crippen LogP contribution is 2.40. The van der Waals surface area contributed by atoms with Crippen LogP contribution in [0.3, 0.4) is 0 Å². The molecule has 2 unspecified atom stereocenters. The molecule has 4 heteroatoms. The normalized spacial score (nSPS) is 17.3. The van der Waals surface area contributed by atoms with Crippen LogP contribution in [0.1, 0.15) is 121 Å². The Morgan fingerprint density at radius 2 is 1.77 bits per heavy atom. The van der Waals surface area contributed by atoms with Crippen LogP contribution in [0.4, 0.5) is 14.5 Å². The number of hydrogen-bond acceptors (Lipinski definition) is 2. The Balaban J connectivity index is 2.05. The molecule has 0 aromatic heterocycles. The van der Waals surface area contributed by atoms with Gasteiger partial charge in [-0.15, -0.1) is 0 Å². The van der Waals surface area contributed by atoms with Gasteiger partial charge in [0.05, 0.1) is 0 Å².